The summed E-state index contributed by atoms with van der Waals surface area (Å²) in [5.41, 5.74) is 6.69. The van der Waals surface area contributed by atoms with E-state index in [0.717, 1.165) is 11.4 Å². The minimum Gasteiger partial charge on any atom is -0.330 e. The molecule has 0 atom stereocenters. The third-order valence-corrected chi connectivity index (χ3v) is 2.07. The summed E-state index contributed by atoms with van der Waals surface area (Å²) in [7, 11) is 0. The minimum absolute atomic E-state index is 0.0201. The van der Waals surface area contributed by atoms with Crippen LogP contribution in [0.2, 0.25) is 0 Å². The molecule has 12 heavy (non-hydrogen) atoms. The maximum atomic E-state index is 5.62. The molecule has 0 amide bonds. The number of rotatable bonds is 2. The van der Waals surface area contributed by atoms with Gasteiger partial charge in [-0.25, -0.2) is 9.97 Å². The van der Waals surface area contributed by atoms with E-state index in [1.807, 2.05) is 19.3 Å². The van der Waals surface area contributed by atoms with E-state index in [4.69, 9.17) is 5.73 Å². The molecular formula is C9H15N3. The Morgan fingerprint density at radius 3 is 2.25 bits per heavy atom. The fourth-order valence-electron chi connectivity index (χ4n) is 0.860. The Labute approximate surface area is 73.0 Å². The van der Waals surface area contributed by atoms with Crippen LogP contribution < -0.4 is 5.73 Å². The highest BCUT2D eigenvalue weighted by Gasteiger charge is 2.18. The Morgan fingerprint density at radius 1 is 1.33 bits per heavy atom. The largest absolute Gasteiger partial charge is 0.330 e. The lowest BCUT2D eigenvalue weighted by atomic mass is 9.87. The molecule has 0 aliphatic carbocycles. The summed E-state index contributed by atoms with van der Waals surface area (Å²) in [6.07, 6.45) is 3.68. The van der Waals surface area contributed by atoms with Gasteiger partial charge in [-0.15, -0.1) is 0 Å². The first-order valence-electron chi connectivity index (χ1n) is 4.05. The van der Waals surface area contributed by atoms with Crippen LogP contribution in [0.1, 0.15) is 25.2 Å². The van der Waals surface area contributed by atoms with Gasteiger partial charge in [0.25, 0.3) is 0 Å². The minimum atomic E-state index is -0.0201. The fourth-order valence-corrected chi connectivity index (χ4v) is 0.860. The molecule has 0 unspecified atom stereocenters. The zero-order valence-corrected chi connectivity index (χ0v) is 7.83. The second-order valence-electron chi connectivity index (χ2n) is 3.61. The number of hydrogen-bond acceptors (Lipinski definition) is 3. The molecule has 0 saturated carbocycles. The van der Waals surface area contributed by atoms with Crippen LogP contribution in [0.4, 0.5) is 0 Å². The molecule has 0 fully saturated rings. The molecule has 0 bridgehead atoms. The normalized spacial score (nSPS) is 11.7. The van der Waals surface area contributed by atoms with E-state index in [2.05, 4.69) is 23.8 Å². The summed E-state index contributed by atoms with van der Waals surface area (Å²) in [6.45, 7) is 6.65. The highest BCUT2D eigenvalue weighted by Crippen LogP contribution is 2.19. The standard InChI is InChI=1S/C9H15N3/c1-7-11-4-8(5-12-7)9(2,3)6-10/h4-5H,6,10H2,1-3H3. The van der Waals surface area contributed by atoms with Crippen molar-refractivity contribution < 1.29 is 0 Å². The van der Waals surface area contributed by atoms with E-state index in [0.29, 0.717) is 6.54 Å². The van der Waals surface area contributed by atoms with Crippen molar-refractivity contribution in [3.05, 3.63) is 23.8 Å². The van der Waals surface area contributed by atoms with E-state index in [-0.39, 0.29) is 5.41 Å². The van der Waals surface area contributed by atoms with Crippen LogP contribution in [0.25, 0.3) is 0 Å². The molecule has 3 heteroatoms. The second-order valence-corrected chi connectivity index (χ2v) is 3.61. The van der Waals surface area contributed by atoms with E-state index < -0.39 is 0 Å². The van der Waals surface area contributed by atoms with Gasteiger partial charge in [0.15, 0.2) is 0 Å². The molecule has 1 heterocycles. The van der Waals surface area contributed by atoms with Gasteiger partial charge in [-0.2, -0.15) is 0 Å². The first-order chi connectivity index (χ1) is 5.56. The SMILES string of the molecule is Cc1ncc(C(C)(C)CN)cn1. The Kier molecular flexibility index (Phi) is 2.43. The van der Waals surface area contributed by atoms with Crippen molar-refractivity contribution in [2.24, 2.45) is 5.73 Å². The maximum Gasteiger partial charge on any atom is 0.125 e. The third-order valence-electron chi connectivity index (χ3n) is 2.07. The predicted molar refractivity (Wildman–Crippen MR) is 48.8 cm³/mol. The lowest BCUT2D eigenvalue weighted by molar-refractivity contribution is 0.533. The molecular weight excluding hydrogens is 150 g/mol. The van der Waals surface area contributed by atoms with Gasteiger partial charge in [0.2, 0.25) is 0 Å². The van der Waals surface area contributed by atoms with E-state index >= 15 is 0 Å². The molecule has 0 aliphatic rings. The molecule has 1 aromatic rings. The number of nitrogens with zero attached hydrogens (tertiary/aromatic N) is 2. The van der Waals surface area contributed by atoms with Gasteiger partial charge in [0.1, 0.15) is 5.82 Å². The first kappa shape index (κ1) is 9.13. The van der Waals surface area contributed by atoms with Crippen LogP contribution in [0, 0.1) is 6.92 Å². The van der Waals surface area contributed by atoms with Gasteiger partial charge in [-0.3, -0.25) is 0 Å². The molecule has 66 valence electrons. The zero-order valence-electron chi connectivity index (χ0n) is 7.83. The first-order valence-corrected chi connectivity index (χ1v) is 4.05. The number of nitrogens with two attached hydrogens (primary N) is 1. The number of aromatic nitrogens is 2. The van der Waals surface area contributed by atoms with Gasteiger partial charge >= 0.3 is 0 Å². The fraction of sp³-hybridized carbons (Fsp3) is 0.556. The van der Waals surface area contributed by atoms with Crippen LogP contribution in [-0.2, 0) is 5.41 Å². The number of aryl methyl sites for hydroxylation is 1. The quantitative estimate of drug-likeness (QED) is 0.711. The van der Waals surface area contributed by atoms with Gasteiger partial charge in [-0.05, 0) is 12.5 Å². The molecule has 1 aromatic heterocycles. The molecule has 0 radical (unpaired) electrons. The lowest BCUT2D eigenvalue weighted by Gasteiger charge is -2.21. The number of hydrogen-bond donors (Lipinski definition) is 1. The van der Waals surface area contributed by atoms with E-state index in [1.54, 1.807) is 0 Å². The second kappa shape index (κ2) is 3.19. The maximum absolute atomic E-state index is 5.62. The summed E-state index contributed by atoms with van der Waals surface area (Å²) in [5, 5.41) is 0. The van der Waals surface area contributed by atoms with Crippen molar-refractivity contribution in [1.29, 1.82) is 0 Å². The predicted octanol–water partition coefficient (Wildman–Crippen LogP) is 1.02. The van der Waals surface area contributed by atoms with Crippen LogP contribution in [0.5, 0.6) is 0 Å². The molecule has 0 spiro atoms. The highest BCUT2D eigenvalue weighted by molar-refractivity contribution is 5.17. The van der Waals surface area contributed by atoms with Gasteiger partial charge < -0.3 is 5.73 Å². The third kappa shape index (κ3) is 1.80. The van der Waals surface area contributed by atoms with Crippen molar-refractivity contribution in [2.45, 2.75) is 26.2 Å². The Balaban J connectivity index is 2.96. The van der Waals surface area contributed by atoms with Crippen LogP contribution in [0.15, 0.2) is 12.4 Å². The average molecular weight is 165 g/mol. The Hall–Kier alpha value is -0.960. The molecule has 3 nitrogen and oxygen atoms in total. The van der Waals surface area contributed by atoms with Gasteiger partial charge in [0, 0.05) is 24.4 Å². The molecule has 1 rings (SSSR count). The van der Waals surface area contributed by atoms with Crippen molar-refractivity contribution in [3.63, 3.8) is 0 Å². The van der Waals surface area contributed by atoms with E-state index in [9.17, 15) is 0 Å². The Bertz CT molecular complexity index is 251. The van der Waals surface area contributed by atoms with Crippen LogP contribution >= 0.6 is 0 Å². The molecule has 2 N–H and O–H groups in total. The van der Waals surface area contributed by atoms with Crippen molar-refractivity contribution in [2.75, 3.05) is 6.54 Å². The van der Waals surface area contributed by atoms with Crippen molar-refractivity contribution in [1.82, 2.24) is 9.97 Å². The van der Waals surface area contributed by atoms with Crippen molar-refractivity contribution >= 4 is 0 Å². The van der Waals surface area contributed by atoms with Gasteiger partial charge in [-0.1, -0.05) is 13.8 Å². The smallest absolute Gasteiger partial charge is 0.125 e. The summed E-state index contributed by atoms with van der Waals surface area (Å²) < 4.78 is 0. The lowest BCUT2D eigenvalue weighted by Crippen LogP contribution is -2.28. The van der Waals surface area contributed by atoms with Crippen molar-refractivity contribution in [3.8, 4) is 0 Å². The molecule has 0 saturated heterocycles. The molecule has 0 aromatic carbocycles. The van der Waals surface area contributed by atoms with Crippen LogP contribution in [0.3, 0.4) is 0 Å². The monoisotopic (exact) mass is 165 g/mol. The zero-order chi connectivity index (χ0) is 9.19. The Morgan fingerprint density at radius 2 is 1.83 bits per heavy atom. The van der Waals surface area contributed by atoms with E-state index in [1.165, 1.54) is 0 Å². The summed E-state index contributed by atoms with van der Waals surface area (Å²) in [5.74, 6) is 0.798. The topological polar surface area (TPSA) is 51.8 Å². The summed E-state index contributed by atoms with van der Waals surface area (Å²) in [6, 6.07) is 0. The molecule has 0 aliphatic heterocycles. The van der Waals surface area contributed by atoms with Gasteiger partial charge in [0.05, 0.1) is 0 Å². The summed E-state index contributed by atoms with van der Waals surface area (Å²) >= 11 is 0. The average Bonchev–Trinajstić information content (AvgIpc) is 2.05. The highest BCUT2D eigenvalue weighted by atomic mass is 14.8. The summed E-state index contributed by atoms with van der Waals surface area (Å²) in [4.78, 5) is 8.25. The van der Waals surface area contributed by atoms with Crippen LogP contribution in [-0.4, -0.2) is 16.5 Å².